The highest BCUT2D eigenvalue weighted by molar-refractivity contribution is 5.76. The van der Waals surface area contributed by atoms with Gasteiger partial charge in [-0.05, 0) is 31.2 Å². The zero-order chi connectivity index (χ0) is 13.0. The van der Waals surface area contributed by atoms with Crippen molar-refractivity contribution in [3.63, 3.8) is 0 Å². The minimum atomic E-state index is 0.583. The van der Waals surface area contributed by atoms with Gasteiger partial charge >= 0.3 is 0 Å². The summed E-state index contributed by atoms with van der Waals surface area (Å²) in [7, 11) is 0. The van der Waals surface area contributed by atoms with Gasteiger partial charge in [0.15, 0.2) is 6.21 Å². The summed E-state index contributed by atoms with van der Waals surface area (Å²) < 4.78 is 0.820. The van der Waals surface area contributed by atoms with Crippen LogP contribution >= 0.6 is 0 Å². The predicted octanol–water partition coefficient (Wildman–Crippen LogP) is 3.13. The molecule has 0 aliphatic heterocycles. The van der Waals surface area contributed by atoms with Crippen molar-refractivity contribution in [2.75, 3.05) is 0 Å². The molecule has 0 saturated heterocycles. The Balaban J connectivity index is 2.26. The number of nitriles is 1. The van der Waals surface area contributed by atoms with Crippen molar-refractivity contribution in [3.8, 4) is 6.07 Å². The van der Waals surface area contributed by atoms with Crippen molar-refractivity contribution in [1.29, 1.82) is 5.26 Å². The van der Waals surface area contributed by atoms with Crippen LogP contribution in [0.15, 0.2) is 48.5 Å². The van der Waals surface area contributed by atoms with E-state index in [1.807, 2.05) is 25.1 Å². The van der Waals surface area contributed by atoms with Crippen molar-refractivity contribution in [2.45, 2.75) is 6.92 Å². The van der Waals surface area contributed by atoms with Gasteiger partial charge in [0.1, 0.15) is 0 Å². The average molecular weight is 236 g/mol. The van der Waals surface area contributed by atoms with Gasteiger partial charge in [-0.15, -0.1) is 0 Å². The Morgan fingerprint density at radius 3 is 2.22 bits per heavy atom. The van der Waals surface area contributed by atoms with Crippen LogP contribution in [0.5, 0.6) is 0 Å². The van der Waals surface area contributed by atoms with Gasteiger partial charge in [-0.1, -0.05) is 17.7 Å². The molecule has 0 radical (unpaired) electrons. The Bertz CT molecular complexity index is 604. The van der Waals surface area contributed by atoms with Crippen LogP contribution in [0.3, 0.4) is 0 Å². The van der Waals surface area contributed by atoms with Crippen molar-refractivity contribution in [2.24, 2.45) is 0 Å². The number of nitrogens with zero attached hydrogens (tertiary/aromatic N) is 2. The first-order valence-corrected chi connectivity index (χ1v) is 5.57. The lowest BCUT2D eigenvalue weighted by atomic mass is 10.1. The zero-order valence-electron chi connectivity index (χ0n) is 10.00. The fourth-order valence-electron chi connectivity index (χ4n) is 1.55. The number of aryl methyl sites for hydroxylation is 1. The summed E-state index contributed by atoms with van der Waals surface area (Å²) in [4.78, 5) is 0. The van der Waals surface area contributed by atoms with Gasteiger partial charge in [-0.3, -0.25) is 0 Å². The van der Waals surface area contributed by atoms with E-state index in [1.165, 1.54) is 6.21 Å². The Hall–Kier alpha value is -2.60. The molecule has 2 rings (SSSR count). The molecule has 18 heavy (non-hydrogen) atoms. The Labute approximate surface area is 106 Å². The van der Waals surface area contributed by atoms with Gasteiger partial charge in [0.2, 0.25) is 5.69 Å². The van der Waals surface area contributed by atoms with E-state index in [2.05, 4.69) is 0 Å². The van der Waals surface area contributed by atoms with Crippen LogP contribution in [0.1, 0.15) is 16.7 Å². The first-order chi connectivity index (χ1) is 8.69. The maximum Gasteiger partial charge on any atom is 0.216 e. The van der Waals surface area contributed by atoms with Crippen molar-refractivity contribution >= 4 is 11.9 Å². The molecule has 2 aromatic rings. The molecule has 3 heteroatoms. The Kier molecular flexibility index (Phi) is 3.40. The molecule has 0 unspecified atom stereocenters. The molecule has 88 valence electrons. The van der Waals surface area contributed by atoms with Crippen LogP contribution in [0.2, 0.25) is 0 Å². The molecule has 0 aromatic heterocycles. The maximum absolute atomic E-state index is 11.9. The maximum atomic E-state index is 11.9. The van der Waals surface area contributed by atoms with Gasteiger partial charge in [-0.2, -0.15) is 10.0 Å². The summed E-state index contributed by atoms with van der Waals surface area (Å²) in [5.41, 5.74) is 3.06. The zero-order valence-corrected chi connectivity index (χ0v) is 10.00. The average Bonchev–Trinajstić information content (AvgIpc) is 2.40. The third kappa shape index (κ3) is 2.74. The van der Waals surface area contributed by atoms with E-state index in [0.717, 1.165) is 15.9 Å². The van der Waals surface area contributed by atoms with Crippen molar-refractivity contribution in [1.82, 2.24) is 0 Å². The molecule has 0 spiro atoms. The van der Waals surface area contributed by atoms with E-state index in [4.69, 9.17) is 5.26 Å². The molecule has 0 fully saturated rings. The standard InChI is InChI=1S/C15H12N2O/c1-12-2-8-15(9-3-12)17(18)11-14-6-4-13(10-16)5-7-14/h2-9,11H,1H3/b17-11-. The first kappa shape index (κ1) is 11.9. The second kappa shape index (κ2) is 5.15. The van der Waals surface area contributed by atoms with Gasteiger partial charge in [0, 0.05) is 17.7 Å². The lowest BCUT2D eigenvalue weighted by molar-refractivity contribution is -0.354. The number of hydrogen-bond acceptors (Lipinski definition) is 2. The van der Waals surface area contributed by atoms with Crippen LogP contribution in [0.4, 0.5) is 5.69 Å². The largest absolute Gasteiger partial charge is 0.618 e. The first-order valence-electron chi connectivity index (χ1n) is 5.57. The van der Waals surface area contributed by atoms with E-state index < -0.39 is 0 Å². The normalized spacial score (nSPS) is 11.0. The third-order valence-corrected chi connectivity index (χ3v) is 2.59. The summed E-state index contributed by atoms with van der Waals surface area (Å²) >= 11 is 0. The van der Waals surface area contributed by atoms with Crippen LogP contribution in [0, 0.1) is 23.5 Å². The summed E-state index contributed by atoms with van der Waals surface area (Å²) in [5, 5.41) is 20.6. The smallest absolute Gasteiger partial charge is 0.216 e. The van der Waals surface area contributed by atoms with Crippen LogP contribution in [-0.2, 0) is 0 Å². The molecular formula is C15H12N2O. The highest BCUT2D eigenvalue weighted by atomic mass is 16.5. The molecule has 0 saturated carbocycles. The van der Waals surface area contributed by atoms with Crippen molar-refractivity contribution in [3.05, 3.63) is 70.4 Å². The van der Waals surface area contributed by atoms with Gasteiger partial charge in [0.25, 0.3) is 0 Å². The molecule has 0 bridgehead atoms. The molecular weight excluding hydrogens is 224 g/mol. The fourth-order valence-corrected chi connectivity index (χ4v) is 1.55. The van der Waals surface area contributed by atoms with Gasteiger partial charge in [-0.25, -0.2) is 0 Å². The number of rotatable bonds is 2. The van der Waals surface area contributed by atoms with E-state index in [1.54, 1.807) is 36.4 Å². The quantitative estimate of drug-likeness (QED) is 0.348. The van der Waals surface area contributed by atoms with Gasteiger partial charge < -0.3 is 5.21 Å². The molecule has 3 nitrogen and oxygen atoms in total. The second-order valence-corrected chi connectivity index (χ2v) is 4.02. The van der Waals surface area contributed by atoms with Crippen molar-refractivity contribution < 1.29 is 4.74 Å². The summed E-state index contributed by atoms with van der Waals surface area (Å²) in [6.45, 7) is 1.98. The molecule has 0 amide bonds. The second-order valence-electron chi connectivity index (χ2n) is 4.02. The minimum absolute atomic E-state index is 0.583. The Morgan fingerprint density at radius 1 is 1.06 bits per heavy atom. The fraction of sp³-hybridized carbons (Fsp3) is 0.0667. The summed E-state index contributed by atoms with van der Waals surface area (Å²) in [6, 6.07) is 16.3. The molecule has 0 N–H and O–H groups in total. The highest BCUT2D eigenvalue weighted by Gasteiger charge is 2.01. The van der Waals surface area contributed by atoms with Gasteiger partial charge in [0.05, 0.1) is 11.6 Å². The van der Waals surface area contributed by atoms with E-state index >= 15 is 0 Å². The van der Waals surface area contributed by atoms with E-state index in [0.29, 0.717) is 11.3 Å². The van der Waals surface area contributed by atoms with Crippen LogP contribution < -0.4 is 0 Å². The summed E-state index contributed by atoms with van der Waals surface area (Å²) in [6.07, 6.45) is 1.49. The number of hydrogen-bond donors (Lipinski definition) is 0. The monoisotopic (exact) mass is 236 g/mol. The van der Waals surface area contributed by atoms with E-state index in [-0.39, 0.29) is 0 Å². The van der Waals surface area contributed by atoms with Crippen LogP contribution in [0.25, 0.3) is 0 Å². The minimum Gasteiger partial charge on any atom is -0.618 e. The molecule has 2 aromatic carbocycles. The molecule has 0 aliphatic rings. The SMILES string of the molecule is Cc1ccc(/[N+]([O-])=C/c2ccc(C#N)cc2)cc1. The molecule has 0 aliphatic carbocycles. The lowest BCUT2D eigenvalue weighted by Crippen LogP contribution is -1.98. The predicted molar refractivity (Wildman–Crippen MR) is 70.8 cm³/mol. The molecule has 0 atom stereocenters. The molecule has 0 heterocycles. The van der Waals surface area contributed by atoms with Crippen LogP contribution in [-0.4, -0.2) is 11.0 Å². The third-order valence-electron chi connectivity index (χ3n) is 2.59. The topological polar surface area (TPSA) is 49.9 Å². The van der Waals surface area contributed by atoms with E-state index in [9.17, 15) is 5.21 Å². The lowest BCUT2D eigenvalue weighted by Gasteiger charge is -2.03. The Morgan fingerprint density at radius 2 is 1.67 bits per heavy atom. The summed E-state index contributed by atoms with van der Waals surface area (Å²) in [5.74, 6) is 0. The number of benzene rings is 2. The highest BCUT2D eigenvalue weighted by Crippen LogP contribution is 2.12.